The normalized spacial score (nSPS) is 12.5. The van der Waals surface area contributed by atoms with Gasteiger partial charge in [0, 0.05) is 12.6 Å². The highest BCUT2D eigenvalue weighted by Crippen LogP contribution is 2.11. The molecule has 0 bridgehead atoms. The van der Waals surface area contributed by atoms with Gasteiger partial charge in [0.25, 0.3) is 5.56 Å². The molecular weight excluding hydrogens is 216 g/mol. The van der Waals surface area contributed by atoms with Gasteiger partial charge < -0.3 is 16.0 Å². The first-order chi connectivity index (χ1) is 7.11. The number of nitrogens with one attached hydrogen (secondary N) is 2. The van der Waals surface area contributed by atoms with Gasteiger partial charge in [0.1, 0.15) is 5.02 Å². The Morgan fingerprint density at radius 2 is 2.47 bits per heavy atom. The number of rotatable bonds is 5. The lowest BCUT2D eigenvalue weighted by Gasteiger charge is -2.07. The van der Waals surface area contributed by atoms with Gasteiger partial charge in [-0.15, -0.1) is 0 Å². The van der Waals surface area contributed by atoms with Crippen molar-refractivity contribution in [3.05, 3.63) is 21.7 Å². The summed E-state index contributed by atoms with van der Waals surface area (Å²) in [4.78, 5) is 17.4. The van der Waals surface area contributed by atoms with Gasteiger partial charge in [-0.2, -0.15) is 0 Å². The molecule has 1 aromatic heterocycles. The minimum Gasteiger partial charge on any atom is -0.369 e. The lowest BCUT2D eigenvalue weighted by molar-refractivity contribution is 0.639. The molecular formula is C9H15ClN4O. The molecule has 15 heavy (non-hydrogen) atoms. The van der Waals surface area contributed by atoms with Crippen molar-refractivity contribution in [2.45, 2.75) is 25.8 Å². The van der Waals surface area contributed by atoms with Crippen LogP contribution in [0.1, 0.15) is 19.8 Å². The topological polar surface area (TPSA) is 83.8 Å². The Balaban J connectivity index is 2.44. The zero-order valence-electron chi connectivity index (χ0n) is 8.59. The Morgan fingerprint density at radius 3 is 3.13 bits per heavy atom. The zero-order valence-corrected chi connectivity index (χ0v) is 9.34. The molecule has 0 fully saturated rings. The van der Waals surface area contributed by atoms with Crippen LogP contribution in [-0.2, 0) is 0 Å². The van der Waals surface area contributed by atoms with Crippen LogP contribution in [0.5, 0.6) is 0 Å². The number of aromatic nitrogens is 2. The first-order valence-electron chi connectivity index (χ1n) is 4.84. The third kappa shape index (κ3) is 3.89. The van der Waals surface area contributed by atoms with E-state index in [9.17, 15) is 4.79 Å². The fourth-order valence-electron chi connectivity index (χ4n) is 1.14. The van der Waals surface area contributed by atoms with Crippen molar-refractivity contribution in [1.29, 1.82) is 0 Å². The van der Waals surface area contributed by atoms with Crippen LogP contribution in [-0.4, -0.2) is 22.6 Å². The molecule has 0 aliphatic heterocycles. The van der Waals surface area contributed by atoms with Crippen molar-refractivity contribution in [1.82, 2.24) is 9.97 Å². The summed E-state index contributed by atoms with van der Waals surface area (Å²) >= 11 is 5.74. The summed E-state index contributed by atoms with van der Waals surface area (Å²) in [5.41, 5.74) is 5.27. The molecule has 0 radical (unpaired) electrons. The predicted molar refractivity (Wildman–Crippen MR) is 61.2 cm³/mol. The SMILES string of the molecule is CC(N)CCCNc1nc[nH]c(=O)c1Cl. The molecule has 0 spiro atoms. The maximum Gasteiger partial charge on any atom is 0.271 e. The van der Waals surface area contributed by atoms with Crippen LogP contribution in [0.4, 0.5) is 5.82 Å². The van der Waals surface area contributed by atoms with E-state index in [0.29, 0.717) is 12.4 Å². The van der Waals surface area contributed by atoms with Crippen molar-refractivity contribution in [2.75, 3.05) is 11.9 Å². The van der Waals surface area contributed by atoms with Crippen LogP contribution in [0.3, 0.4) is 0 Å². The molecule has 0 aliphatic carbocycles. The number of hydrogen-bond donors (Lipinski definition) is 3. The number of anilines is 1. The highest BCUT2D eigenvalue weighted by Gasteiger charge is 2.04. The molecule has 0 saturated carbocycles. The Hall–Kier alpha value is -1.07. The highest BCUT2D eigenvalue weighted by molar-refractivity contribution is 6.32. The second-order valence-electron chi connectivity index (χ2n) is 3.44. The molecule has 0 amide bonds. The third-order valence-corrected chi connectivity index (χ3v) is 2.28. The van der Waals surface area contributed by atoms with Crippen LogP contribution in [0.15, 0.2) is 11.1 Å². The summed E-state index contributed by atoms with van der Waals surface area (Å²) in [6.07, 6.45) is 3.17. The zero-order chi connectivity index (χ0) is 11.3. The maximum absolute atomic E-state index is 11.1. The van der Waals surface area contributed by atoms with Crippen molar-refractivity contribution < 1.29 is 0 Å². The monoisotopic (exact) mass is 230 g/mol. The molecule has 0 aromatic carbocycles. The fraction of sp³-hybridized carbons (Fsp3) is 0.556. The minimum atomic E-state index is -0.332. The number of aromatic amines is 1. The van der Waals surface area contributed by atoms with Gasteiger partial charge in [-0.1, -0.05) is 11.6 Å². The molecule has 5 nitrogen and oxygen atoms in total. The van der Waals surface area contributed by atoms with E-state index in [2.05, 4.69) is 15.3 Å². The molecule has 6 heteroatoms. The van der Waals surface area contributed by atoms with Gasteiger partial charge in [-0.3, -0.25) is 4.79 Å². The second-order valence-corrected chi connectivity index (χ2v) is 3.82. The number of halogens is 1. The van der Waals surface area contributed by atoms with Gasteiger partial charge in [0.2, 0.25) is 0 Å². The van der Waals surface area contributed by atoms with E-state index in [4.69, 9.17) is 17.3 Å². The quantitative estimate of drug-likeness (QED) is 0.658. The number of hydrogen-bond acceptors (Lipinski definition) is 4. The van der Waals surface area contributed by atoms with E-state index in [1.54, 1.807) is 0 Å². The van der Waals surface area contributed by atoms with Gasteiger partial charge >= 0.3 is 0 Å². The average Bonchev–Trinajstić information content (AvgIpc) is 2.18. The summed E-state index contributed by atoms with van der Waals surface area (Å²) in [5, 5.41) is 3.09. The van der Waals surface area contributed by atoms with Crippen LogP contribution < -0.4 is 16.6 Å². The van der Waals surface area contributed by atoms with E-state index in [1.165, 1.54) is 6.33 Å². The summed E-state index contributed by atoms with van der Waals surface area (Å²) in [5.74, 6) is 0.421. The minimum absolute atomic E-state index is 0.0956. The van der Waals surface area contributed by atoms with Crippen LogP contribution >= 0.6 is 11.6 Å². The molecule has 1 unspecified atom stereocenters. The summed E-state index contributed by atoms with van der Waals surface area (Å²) < 4.78 is 0. The molecule has 0 aliphatic rings. The molecule has 4 N–H and O–H groups in total. The average molecular weight is 231 g/mol. The van der Waals surface area contributed by atoms with Crippen LogP contribution in [0.2, 0.25) is 5.02 Å². The largest absolute Gasteiger partial charge is 0.369 e. The number of nitrogens with zero attached hydrogens (tertiary/aromatic N) is 1. The van der Waals surface area contributed by atoms with Crippen molar-refractivity contribution in [3.8, 4) is 0 Å². The smallest absolute Gasteiger partial charge is 0.271 e. The Kier molecular flexibility index (Phi) is 4.58. The molecule has 1 aromatic rings. The van der Waals surface area contributed by atoms with Gasteiger partial charge in [0.15, 0.2) is 5.82 Å². The second kappa shape index (κ2) is 5.72. The first-order valence-corrected chi connectivity index (χ1v) is 5.21. The molecule has 1 rings (SSSR count). The van der Waals surface area contributed by atoms with Gasteiger partial charge in [-0.25, -0.2) is 4.98 Å². The van der Waals surface area contributed by atoms with E-state index >= 15 is 0 Å². The summed E-state index contributed by atoms with van der Waals surface area (Å²) in [6, 6.07) is 0.189. The molecule has 0 saturated heterocycles. The van der Waals surface area contributed by atoms with Gasteiger partial charge in [-0.05, 0) is 19.8 Å². The summed E-state index contributed by atoms with van der Waals surface area (Å²) in [6.45, 7) is 2.66. The third-order valence-electron chi connectivity index (χ3n) is 1.93. The molecule has 84 valence electrons. The maximum atomic E-state index is 11.1. The Labute approximate surface area is 93.0 Å². The lowest BCUT2D eigenvalue weighted by atomic mass is 10.2. The predicted octanol–water partition coefficient (Wildman–Crippen LogP) is 0.963. The number of H-pyrrole nitrogens is 1. The van der Waals surface area contributed by atoms with E-state index in [0.717, 1.165) is 12.8 Å². The lowest BCUT2D eigenvalue weighted by Crippen LogP contribution is -2.17. The van der Waals surface area contributed by atoms with Gasteiger partial charge in [0.05, 0.1) is 6.33 Å². The first kappa shape index (κ1) is 12.0. The van der Waals surface area contributed by atoms with Crippen molar-refractivity contribution in [3.63, 3.8) is 0 Å². The Morgan fingerprint density at radius 1 is 1.73 bits per heavy atom. The van der Waals surface area contributed by atoms with Crippen LogP contribution in [0, 0.1) is 0 Å². The summed E-state index contributed by atoms with van der Waals surface area (Å²) in [7, 11) is 0. The van der Waals surface area contributed by atoms with Crippen molar-refractivity contribution in [2.24, 2.45) is 5.73 Å². The Bertz CT molecular complexity index is 363. The van der Waals surface area contributed by atoms with Crippen molar-refractivity contribution >= 4 is 17.4 Å². The molecule has 1 heterocycles. The van der Waals surface area contributed by atoms with E-state index in [1.807, 2.05) is 6.92 Å². The molecule has 1 atom stereocenters. The number of nitrogens with two attached hydrogens (primary N) is 1. The highest BCUT2D eigenvalue weighted by atomic mass is 35.5. The van der Waals surface area contributed by atoms with Crippen LogP contribution in [0.25, 0.3) is 0 Å². The fourth-order valence-corrected chi connectivity index (χ4v) is 1.31. The van der Waals surface area contributed by atoms with E-state index < -0.39 is 0 Å². The standard InChI is InChI=1S/C9H15ClN4O/c1-6(11)3-2-4-12-8-7(10)9(15)14-5-13-8/h5-6H,2-4,11H2,1H3,(H2,12,13,14,15). The van der Waals surface area contributed by atoms with E-state index in [-0.39, 0.29) is 16.6 Å².